The number of aromatic nitrogens is 4. The van der Waals surface area contributed by atoms with Gasteiger partial charge in [0.15, 0.2) is 17.5 Å². The molecule has 1 spiro atoms. The molecule has 10 rings (SSSR count). The summed E-state index contributed by atoms with van der Waals surface area (Å²) in [5.41, 5.74) is 15.5. The molecule has 2 aromatic heterocycles. The van der Waals surface area contributed by atoms with E-state index in [1.807, 2.05) is 48.7 Å². The fourth-order valence-electron chi connectivity index (χ4n) is 8.96. The van der Waals surface area contributed by atoms with Gasteiger partial charge in [-0.25, -0.2) is 15.0 Å². The summed E-state index contributed by atoms with van der Waals surface area (Å²) in [4.78, 5) is 19.3. The summed E-state index contributed by atoms with van der Waals surface area (Å²) in [6, 6.07) is 55.3. The first kappa shape index (κ1) is 33.5. The number of rotatable bonds is 6. The van der Waals surface area contributed by atoms with Gasteiger partial charge >= 0.3 is 0 Å². The van der Waals surface area contributed by atoms with E-state index >= 15 is 0 Å². The molecule has 1 saturated carbocycles. The van der Waals surface area contributed by atoms with E-state index in [0.717, 1.165) is 57.3 Å². The summed E-state index contributed by atoms with van der Waals surface area (Å²) in [5.74, 6) is 1.86. The van der Waals surface area contributed by atoms with Crippen molar-refractivity contribution in [2.75, 3.05) is 0 Å². The van der Waals surface area contributed by atoms with E-state index in [1.165, 1.54) is 47.1 Å². The van der Waals surface area contributed by atoms with Crippen LogP contribution in [0.1, 0.15) is 48.8 Å². The Kier molecular flexibility index (Phi) is 8.38. The predicted molar refractivity (Wildman–Crippen MR) is 224 cm³/mol. The van der Waals surface area contributed by atoms with Gasteiger partial charge < -0.3 is 0 Å². The highest BCUT2D eigenvalue weighted by Gasteiger charge is 2.44. The molecule has 56 heavy (non-hydrogen) atoms. The Bertz CT molecular complexity index is 2780. The third-order valence-electron chi connectivity index (χ3n) is 11.7. The summed E-state index contributed by atoms with van der Waals surface area (Å²) >= 11 is 0. The third-order valence-corrected chi connectivity index (χ3v) is 11.7. The SMILES string of the molecule is N#Cc1ccc2c(c1)-c1c(-c3cccc(-c4cccc(-c5nc(-c6ccccc6)nc(-c6ccc(-c7cccnc7)cc6)n5)c4)c3)cccc1C21CCCCC1. The lowest BCUT2D eigenvalue weighted by Crippen LogP contribution is -2.28. The van der Waals surface area contributed by atoms with Gasteiger partial charge in [-0.05, 0) is 98.8 Å². The Morgan fingerprint density at radius 2 is 1.05 bits per heavy atom. The molecule has 6 aromatic carbocycles. The van der Waals surface area contributed by atoms with E-state index < -0.39 is 0 Å². The molecule has 266 valence electrons. The van der Waals surface area contributed by atoms with Crippen LogP contribution in [-0.4, -0.2) is 19.9 Å². The highest BCUT2D eigenvalue weighted by atomic mass is 15.0. The highest BCUT2D eigenvalue weighted by molar-refractivity contribution is 5.94. The number of hydrogen-bond acceptors (Lipinski definition) is 5. The van der Waals surface area contributed by atoms with Gasteiger partial charge in [-0.1, -0.05) is 141 Å². The lowest BCUT2D eigenvalue weighted by Gasteiger charge is -2.36. The molecular formula is C51H37N5. The van der Waals surface area contributed by atoms with Crippen LogP contribution >= 0.6 is 0 Å². The van der Waals surface area contributed by atoms with E-state index in [0.29, 0.717) is 23.0 Å². The van der Waals surface area contributed by atoms with Crippen LogP contribution in [0.2, 0.25) is 0 Å². The van der Waals surface area contributed by atoms with Crippen molar-refractivity contribution in [2.24, 2.45) is 0 Å². The highest BCUT2D eigenvalue weighted by Crippen LogP contribution is 2.58. The minimum absolute atomic E-state index is 0.0161. The summed E-state index contributed by atoms with van der Waals surface area (Å²) < 4.78 is 0. The number of nitriles is 1. The average Bonchev–Trinajstić information content (AvgIpc) is 3.55. The smallest absolute Gasteiger partial charge is 0.164 e. The molecule has 0 unspecified atom stereocenters. The van der Waals surface area contributed by atoms with Gasteiger partial charge in [0.2, 0.25) is 0 Å². The van der Waals surface area contributed by atoms with Gasteiger partial charge in [0.05, 0.1) is 11.6 Å². The maximum absolute atomic E-state index is 9.90. The van der Waals surface area contributed by atoms with Crippen molar-refractivity contribution < 1.29 is 0 Å². The van der Waals surface area contributed by atoms with Gasteiger partial charge in [-0.15, -0.1) is 0 Å². The van der Waals surface area contributed by atoms with Crippen molar-refractivity contribution in [2.45, 2.75) is 37.5 Å². The first-order chi connectivity index (χ1) is 27.7. The molecule has 2 heterocycles. The predicted octanol–water partition coefficient (Wildman–Crippen LogP) is 12.4. The van der Waals surface area contributed by atoms with Gasteiger partial charge in [-0.2, -0.15) is 5.26 Å². The molecule has 2 aliphatic rings. The second-order valence-corrected chi connectivity index (χ2v) is 14.9. The van der Waals surface area contributed by atoms with Crippen LogP contribution in [0.5, 0.6) is 0 Å². The van der Waals surface area contributed by atoms with Gasteiger partial charge in [-0.3, -0.25) is 4.98 Å². The van der Waals surface area contributed by atoms with Crippen LogP contribution in [0.3, 0.4) is 0 Å². The topological polar surface area (TPSA) is 75.3 Å². The molecule has 0 bridgehead atoms. The van der Waals surface area contributed by atoms with Gasteiger partial charge in [0, 0.05) is 34.5 Å². The quantitative estimate of drug-likeness (QED) is 0.171. The molecule has 0 radical (unpaired) electrons. The Labute approximate surface area is 327 Å². The number of benzene rings is 6. The second kappa shape index (κ2) is 14.0. The van der Waals surface area contributed by atoms with E-state index in [2.05, 4.69) is 120 Å². The monoisotopic (exact) mass is 719 g/mol. The van der Waals surface area contributed by atoms with Crippen molar-refractivity contribution in [3.63, 3.8) is 0 Å². The minimum Gasteiger partial charge on any atom is -0.264 e. The lowest BCUT2D eigenvalue weighted by atomic mass is 9.67. The van der Waals surface area contributed by atoms with Crippen molar-refractivity contribution in [1.29, 1.82) is 5.26 Å². The molecule has 0 N–H and O–H groups in total. The molecule has 5 nitrogen and oxygen atoms in total. The van der Waals surface area contributed by atoms with Crippen molar-refractivity contribution >= 4 is 0 Å². The third kappa shape index (κ3) is 5.88. The van der Waals surface area contributed by atoms with E-state index in [-0.39, 0.29) is 5.41 Å². The minimum atomic E-state index is 0.0161. The van der Waals surface area contributed by atoms with Crippen LogP contribution in [-0.2, 0) is 5.41 Å². The summed E-state index contributed by atoms with van der Waals surface area (Å²) in [5, 5.41) is 9.90. The number of hydrogen-bond donors (Lipinski definition) is 0. The van der Waals surface area contributed by atoms with Crippen molar-refractivity contribution in [3.8, 4) is 84.7 Å². The molecule has 0 atom stereocenters. The summed E-state index contributed by atoms with van der Waals surface area (Å²) in [6.45, 7) is 0. The lowest BCUT2D eigenvalue weighted by molar-refractivity contribution is 0.353. The molecule has 1 fully saturated rings. The van der Waals surface area contributed by atoms with Crippen molar-refractivity contribution in [3.05, 3.63) is 181 Å². The van der Waals surface area contributed by atoms with E-state index in [4.69, 9.17) is 15.0 Å². The van der Waals surface area contributed by atoms with Crippen LogP contribution in [0, 0.1) is 11.3 Å². The zero-order chi connectivity index (χ0) is 37.5. The zero-order valence-electron chi connectivity index (χ0n) is 30.9. The van der Waals surface area contributed by atoms with E-state index in [9.17, 15) is 5.26 Å². The molecular weight excluding hydrogens is 683 g/mol. The Morgan fingerprint density at radius 1 is 0.446 bits per heavy atom. The molecule has 8 aromatic rings. The normalized spacial score (nSPS) is 13.8. The molecule has 0 aliphatic heterocycles. The number of pyridine rings is 1. The van der Waals surface area contributed by atoms with Crippen LogP contribution in [0.15, 0.2) is 164 Å². The Morgan fingerprint density at radius 3 is 1.77 bits per heavy atom. The molecule has 5 heteroatoms. The number of nitrogens with zero attached hydrogens (tertiary/aromatic N) is 5. The first-order valence-corrected chi connectivity index (χ1v) is 19.4. The standard InChI is InChI=1S/C51H37N5/c52-32-34-20-25-45-44(29-34)47-43(18-9-19-46(47)51(45)26-5-2-6-27-51)40-15-7-13-38(30-40)39-14-8-16-41(31-39)50-55-48(36-11-3-1-4-12-36)54-49(56-50)37-23-21-35(22-24-37)42-17-10-28-53-33-42/h1,3-4,7-25,28-31,33H,2,5-6,26-27H2. The second-order valence-electron chi connectivity index (χ2n) is 14.9. The zero-order valence-corrected chi connectivity index (χ0v) is 30.9. The Balaban J connectivity index is 1.05. The first-order valence-electron chi connectivity index (χ1n) is 19.4. The fraction of sp³-hybridized carbons (Fsp3) is 0.118. The van der Waals surface area contributed by atoms with Crippen molar-refractivity contribution in [1.82, 2.24) is 19.9 Å². The fourth-order valence-corrected chi connectivity index (χ4v) is 8.96. The van der Waals surface area contributed by atoms with Crippen LogP contribution < -0.4 is 0 Å². The Hall–Kier alpha value is -7.03. The maximum atomic E-state index is 9.90. The number of fused-ring (bicyclic) bond motifs is 5. The average molecular weight is 720 g/mol. The summed E-state index contributed by atoms with van der Waals surface area (Å²) in [6.07, 6.45) is 9.69. The van der Waals surface area contributed by atoms with Gasteiger partial charge in [0.1, 0.15) is 0 Å². The molecule has 2 aliphatic carbocycles. The van der Waals surface area contributed by atoms with Gasteiger partial charge in [0.25, 0.3) is 0 Å². The molecule has 0 amide bonds. The van der Waals surface area contributed by atoms with E-state index in [1.54, 1.807) is 6.20 Å². The van der Waals surface area contributed by atoms with Crippen LogP contribution in [0.25, 0.3) is 78.7 Å². The maximum Gasteiger partial charge on any atom is 0.164 e. The van der Waals surface area contributed by atoms with Crippen LogP contribution in [0.4, 0.5) is 0 Å². The summed E-state index contributed by atoms with van der Waals surface area (Å²) in [7, 11) is 0. The molecule has 0 saturated heterocycles. The largest absolute Gasteiger partial charge is 0.264 e.